The van der Waals surface area contributed by atoms with Gasteiger partial charge in [0.15, 0.2) is 5.96 Å². The Balaban J connectivity index is 1.38. The van der Waals surface area contributed by atoms with Gasteiger partial charge in [-0.3, -0.25) is 14.7 Å². The number of rotatable bonds is 4. The molecular weight excluding hydrogens is 338 g/mol. The molecule has 3 heterocycles. The van der Waals surface area contributed by atoms with Crippen LogP contribution in [0.3, 0.4) is 0 Å². The first-order chi connectivity index (χ1) is 12.3. The summed E-state index contributed by atoms with van der Waals surface area (Å²) in [6, 6.07) is 0. The third-order valence-corrected chi connectivity index (χ3v) is 6.07. The molecule has 0 aromatic heterocycles. The number of nitrogens with one attached hydrogen (secondary N) is 1. The Morgan fingerprint density at radius 2 is 1.88 bits per heavy atom. The van der Waals surface area contributed by atoms with E-state index in [4.69, 9.17) is 4.74 Å². The normalized spacial score (nSPS) is 26.1. The molecule has 0 aromatic carbocycles. The Hall–Kier alpha value is -0.990. The van der Waals surface area contributed by atoms with Crippen LogP contribution in [-0.4, -0.2) is 110 Å². The van der Waals surface area contributed by atoms with E-state index in [2.05, 4.69) is 20.1 Å². The third kappa shape index (κ3) is 5.24. The quantitative estimate of drug-likeness (QED) is 0.553. The molecule has 1 unspecified atom stereocenters. The van der Waals surface area contributed by atoms with E-state index < -0.39 is 0 Å². The summed E-state index contributed by atoms with van der Waals surface area (Å²) in [6.45, 7) is 8.26. The van der Waals surface area contributed by atoms with Crippen LogP contribution in [0.5, 0.6) is 0 Å². The number of piperazine rings is 1. The summed E-state index contributed by atoms with van der Waals surface area (Å²) in [7, 11) is 1.84. The Morgan fingerprint density at radius 1 is 1.16 bits per heavy atom. The van der Waals surface area contributed by atoms with Crippen molar-refractivity contribution in [3.63, 3.8) is 0 Å². The number of carbonyl (C=O) groups excluding carboxylic acids is 1. The number of ether oxygens (including phenoxy) is 1. The van der Waals surface area contributed by atoms with Crippen LogP contribution in [0.4, 0.5) is 0 Å². The maximum Gasteiger partial charge on any atom is 0.251 e. The van der Waals surface area contributed by atoms with Crippen molar-refractivity contribution in [2.45, 2.75) is 18.9 Å². The monoisotopic (exact) mass is 369 g/mol. The first-order valence-corrected chi connectivity index (χ1v) is 10.6. The molecule has 3 saturated heterocycles. The fourth-order valence-corrected chi connectivity index (χ4v) is 4.58. The number of hydrogen-bond donors (Lipinski definition) is 1. The number of thioether (sulfide) groups is 1. The van der Waals surface area contributed by atoms with E-state index in [1.807, 2.05) is 23.7 Å². The SMILES string of the molecule is CN=C(NCCN1CCSCC1)N1CCN(C(=O)C2CCCO2)CC1. The lowest BCUT2D eigenvalue weighted by Crippen LogP contribution is -2.55. The van der Waals surface area contributed by atoms with Gasteiger partial charge in [-0.2, -0.15) is 11.8 Å². The van der Waals surface area contributed by atoms with Crippen molar-refractivity contribution < 1.29 is 9.53 Å². The van der Waals surface area contributed by atoms with Crippen molar-refractivity contribution in [3.8, 4) is 0 Å². The molecular formula is C17H31N5O2S. The molecule has 0 bridgehead atoms. The van der Waals surface area contributed by atoms with Gasteiger partial charge in [0.05, 0.1) is 0 Å². The zero-order valence-electron chi connectivity index (χ0n) is 15.3. The molecule has 3 aliphatic heterocycles. The van der Waals surface area contributed by atoms with E-state index in [9.17, 15) is 4.79 Å². The predicted molar refractivity (Wildman–Crippen MR) is 102 cm³/mol. The van der Waals surface area contributed by atoms with Gasteiger partial charge in [0.25, 0.3) is 5.91 Å². The van der Waals surface area contributed by atoms with Crippen molar-refractivity contribution in [2.75, 3.05) is 77.5 Å². The zero-order chi connectivity index (χ0) is 17.5. The van der Waals surface area contributed by atoms with Gasteiger partial charge in [-0.05, 0) is 12.8 Å². The second-order valence-electron chi connectivity index (χ2n) is 6.74. The standard InChI is InChI=1S/C17H31N5O2S/c1-18-17(19-4-5-20-10-13-25-14-11-20)22-8-6-21(7-9-22)16(23)15-3-2-12-24-15/h15H,2-14H2,1H3,(H,18,19). The van der Waals surface area contributed by atoms with Crippen molar-refractivity contribution in [2.24, 2.45) is 4.99 Å². The summed E-state index contributed by atoms with van der Waals surface area (Å²) in [5, 5.41) is 3.48. The van der Waals surface area contributed by atoms with Crippen molar-refractivity contribution >= 4 is 23.6 Å². The summed E-state index contributed by atoms with van der Waals surface area (Å²) < 4.78 is 5.53. The Morgan fingerprint density at radius 3 is 2.52 bits per heavy atom. The van der Waals surface area contributed by atoms with Gasteiger partial charge in [-0.15, -0.1) is 0 Å². The number of amides is 1. The molecule has 8 heteroatoms. The van der Waals surface area contributed by atoms with Gasteiger partial charge in [0.2, 0.25) is 0 Å². The van der Waals surface area contributed by atoms with Crippen LogP contribution in [-0.2, 0) is 9.53 Å². The number of aliphatic imine (C=N–C) groups is 1. The van der Waals surface area contributed by atoms with Gasteiger partial charge in [0.1, 0.15) is 6.10 Å². The fourth-order valence-electron chi connectivity index (χ4n) is 3.60. The average molecular weight is 370 g/mol. The van der Waals surface area contributed by atoms with Crippen LogP contribution in [0, 0.1) is 0 Å². The van der Waals surface area contributed by atoms with Crippen molar-refractivity contribution in [1.29, 1.82) is 0 Å². The van der Waals surface area contributed by atoms with Crippen LogP contribution < -0.4 is 5.32 Å². The molecule has 1 N–H and O–H groups in total. The second-order valence-corrected chi connectivity index (χ2v) is 7.97. The number of carbonyl (C=O) groups is 1. The molecule has 25 heavy (non-hydrogen) atoms. The molecule has 7 nitrogen and oxygen atoms in total. The largest absolute Gasteiger partial charge is 0.368 e. The van der Waals surface area contributed by atoms with Crippen molar-refractivity contribution in [3.05, 3.63) is 0 Å². The highest BCUT2D eigenvalue weighted by molar-refractivity contribution is 7.99. The minimum atomic E-state index is -0.202. The smallest absolute Gasteiger partial charge is 0.251 e. The number of hydrogen-bond acceptors (Lipinski definition) is 5. The van der Waals surface area contributed by atoms with Gasteiger partial charge in [0, 0.05) is 77.5 Å². The Kier molecular flexibility index (Phi) is 7.24. The topological polar surface area (TPSA) is 60.4 Å². The highest BCUT2D eigenvalue weighted by Gasteiger charge is 2.30. The molecule has 3 fully saturated rings. The second kappa shape index (κ2) is 9.64. The lowest BCUT2D eigenvalue weighted by Gasteiger charge is -2.37. The third-order valence-electron chi connectivity index (χ3n) is 5.12. The van der Waals surface area contributed by atoms with E-state index in [1.54, 1.807) is 0 Å². The Bertz CT molecular complexity index is 456. The lowest BCUT2D eigenvalue weighted by molar-refractivity contribution is -0.142. The number of guanidine groups is 1. The zero-order valence-corrected chi connectivity index (χ0v) is 16.1. The molecule has 3 rings (SSSR count). The maximum absolute atomic E-state index is 12.4. The molecule has 0 radical (unpaired) electrons. The van der Waals surface area contributed by atoms with E-state index >= 15 is 0 Å². The molecule has 0 aromatic rings. The highest BCUT2D eigenvalue weighted by atomic mass is 32.2. The van der Waals surface area contributed by atoms with E-state index in [0.29, 0.717) is 0 Å². The summed E-state index contributed by atoms with van der Waals surface area (Å²) in [6.07, 6.45) is 1.67. The first kappa shape index (κ1) is 18.8. The van der Waals surface area contributed by atoms with Crippen LogP contribution in [0.2, 0.25) is 0 Å². The molecule has 1 atom stereocenters. The molecule has 0 spiro atoms. The summed E-state index contributed by atoms with van der Waals surface area (Å²) in [4.78, 5) is 23.6. The highest BCUT2D eigenvalue weighted by Crippen LogP contribution is 2.16. The van der Waals surface area contributed by atoms with E-state index in [0.717, 1.165) is 64.7 Å². The lowest BCUT2D eigenvalue weighted by atomic mass is 10.2. The first-order valence-electron chi connectivity index (χ1n) is 9.44. The molecule has 142 valence electrons. The van der Waals surface area contributed by atoms with Crippen LogP contribution >= 0.6 is 11.8 Å². The van der Waals surface area contributed by atoms with E-state index in [-0.39, 0.29) is 12.0 Å². The van der Waals surface area contributed by atoms with Gasteiger partial charge in [-0.25, -0.2) is 0 Å². The molecule has 0 aliphatic carbocycles. The molecule has 0 saturated carbocycles. The fraction of sp³-hybridized carbons (Fsp3) is 0.882. The minimum absolute atomic E-state index is 0.170. The minimum Gasteiger partial charge on any atom is -0.368 e. The van der Waals surface area contributed by atoms with Crippen molar-refractivity contribution in [1.82, 2.24) is 20.0 Å². The molecule has 3 aliphatic rings. The van der Waals surface area contributed by atoms with Gasteiger partial charge >= 0.3 is 0 Å². The average Bonchev–Trinajstić information content (AvgIpc) is 3.20. The van der Waals surface area contributed by atoms with E-state index in [1.165, 1.54) is 24.6 Å². The summed E-state index contributed by atoms with van der Waals surface area (Å²) in [5.74, 6) is 3.61. The number of nitrogens with zero attached hydrogens (tertiary/aromatic N) is 4. The summed E-state index contributed by atoms with van der Waals surface area (Å²) >= 11 is 2.04. The van der Waals surface area contributed by atoms with Gasteiger partial charge < -0.3 is 19.9 Å². The van der Waals surface area contributed by atoms with Gasteiger partial charge in [-0.1, -0.05) is 0 Å². The predicted octanol–water partition coefficient (Wildman–Crippen LogP) is -0.0662. The molecule has 1 amide bonds. The van der Waals surface area contributed by atoms with Crippen LogP contribution in [0.25, 0.3) is 0 Å². The summed E-state index contributed by atoms with van der Waals surface area (Å²) in [5.41, 5.74) is 0. The van der Waals surface area contributed by atoms with Crippen LogP contribution in [0.1, 0.15) is 12.8 Å². The van der Waals surface area contributed by atoms with Crippen LogP contribution in [0.15, 0.2) is 4.99 Å². The maximum atomic E-state index is 12.4. The Labute approximate surface area is 155 Å².